The molecule has 0 aliphatic heterocycles. The monoisotopic (exact) mass is 252 g/mol. The van der Waals surface area contributed by atoms with Crippen molar-refractivity contribution in [2.75, 3.05) is 17.6 Å². The van der Waals surface area contributed by atoms with E-state index in [4.69, 9.17) is 10.8 Å². The molecule has 5 N–H and O–H groups in total. The van der Waals surface area contributed by atoms with Crippen molar-refractivity contribution in [1.29, 1.82) is 0 Å². The van der Waals surface area contributed by atoms with Crippen LogP contribution in [0.1, 0.15) is 24.2 Å². The molecule has 1 heterocycles. The topological polar surface area (TPSA) is 117 Å². The maximum atomic E-state index is 11.4. The van der Waals surface area contributed by atoms with Gasteiger partial charge in [0.05, 0.1) is 24.0 Å². The van der Waals surface area contributed by atoms with Crippen LogP contribution in [0.5, 0.6) is 0 Å². The Morgan fingerprint density at radius 1 is 1.50 bits per heavy atom. The van der Waals surface area contributed by atoms with Gasteiger partial charge in [-0.05, 0) is 19.9 Å². The van der Waals surface area contributed by atoms with Crippen molar-refractivity contribution in [1.82, 2.24) is 10.3 Å². The van der Waals surface area contributed by atoms with Crippen LogP contribution in [0.4, 0.5) is 11.5 Å². The highest BCUT2D eigenvalue weighted by Crippen LogP contribution is 2.14. The molecule has 1 aromatic rings. The van der Waals surface area contributed by atoms with Gasteiger partial charge in [0.25, 0.3) is 0 Å². The van der Waals surface area contributed by atoms with Gasteiger partial charge in [-0.3, -0.25) is 4.79 Å². The number of carbonyl (C=O) groups is 2. The van der Waals surface area contributed by atoms with Gasteiger partial charge in [-0.15, -0.1) is 0 Å². The highest BCUT2D eigenvalue weighted by atomic mass is 16.4. The molecule has 0 bridgehead atoms. The van der Waals surface area contributed by atoms with Gasteiger partial charge in [0.2, 0.25) is 5.91 Å². The number of carboxylic acids is 1. The molecule has 0 aromatic carbocycles. The van der Waals surface area contributed by atoms with Crippen LogP contribution in [0.3, 0.4) is 0 Å². The van der Waals surface area contributed by atoms with Crippen LogP contribution < -0.4 is 16.4 Å². The highest BCUT2D eigenvalue weighted by Gasteiger charge is 2.10. The molecular weight excluding hydrogens is 236 g/mol. The number of anilines is 2. The first-order valence-electron chi connectivity index (χ1n) is 5.42. The number of amides is 1. The van der Waals surface area contributed by atoms with Crippen LogP contribution in [-0.4, -0.2) is 34.6 Å². The van der Waals surface area contributed by atoms with Crippen LogP contribution in [0.15, 0.2) is 12.3 Å². The van der Waals surface area contributed by atoms with E-state index >= 15 is 0 Å². The highest BCUT2D eigenvalue weighted by molar-refractivity contribution is 5.94. The molecule has 18 heavy (non-hydrogen) atoms. The molecule has 0 saturated carbocycles. The fraction of sp³-hybridized carbons (Fsp3) is 0.364. The first kappa shape index (κ1) is 13.8. The number of nitrogen functional groups attached to an aromatic ring is 1. The summed E-state index contributed by atoms with van der Waals surface area (Å²) < 4.78 is 0. The lowest BCUT2D eigenvalue weighted by Crippen LogP contribution is -2.35. The zero-order valence-electron chi connectivity index (χ0n) is 10.2. The number of nitrogens with one attached hydrogen (secondary N) is 2. The number of rotatable bonds is 5. The summed E-state index contributed by atoms with van der Waals surface area (Å²) in [5.74, 6) is -1.04. The Morgan fingerprint density at radius 3 is 2.72 bits per heavy atom. The molecule has 0 saturated heterocycles. The van der Waals surface area contributed by atoms with Gasteiger partial charge in [0.1, 0.15) is 5.82 Å². The van der Waals surface area contributed by atoms with Crippen molar-refractivity contribution in [3.8, 4) is 0 Å². The Morgan fingerprint density at radius 2 is 2.17 bits per heavy atom. The Hall–Kier alpha value is -2.31. The quantitative estimate of drug-likeness (QED) is 0.598. The summed E-state index contributed by atoms with van der Waals surface area (Å²) in [5, 5.41) is 14.3. The lowest BCUT2D eigenvalue weighted by Gasteiger charge is -2.10. The molecule has 1 rings (SSSR count). The number of carboxylic acid groups (broad SMARTS) is 1. The van der Waals surface area contributed by atoms with E-state index in [-0.39, 0.29) is 29.7 Å². The van der Waals surface area contributed by atoms with Gasteiger partial charge in [0, 0.05) is 6.04 Å². The van der Waals surface area contributed by atoms with Gasteiger partial charge in [-0.1, -0.05) is 0 Å². The number of carbonyl (C=O) groups excluding carboxylic acids is 1. The molecule has 0 atom stereocenters. The fourth-order valence-corrected chi connectivity index (χ4v) is 1.29. The largest absolute Gasteiger partial charge is 0.478 e. The second-order valence-electron chi connectivity index (χ2n) is 4.04. The van der Waals surface area contributed by atoms with E-state index in [0.29, 0.717) is 5.82 Å². The molecule has 0 aliphatic carbocycles. The average molecular weight is 252 g/mol. The van der Waals surface area contributed by atoms with Crippen molar-refractivity contribution in [3.05, 3.63) is 17.8 Å². The predicted octanol–water partition coefficient (Wildman–Crippen LogP) is 0.299. The number of nitrogens with two attached hydrogens (primary N) is 1. The maximum Gasteiger partial charge on any atom is 0.337 e. The van der Waals surface area contributed by atoms with Gasteiger partial charge >= 0.3 is 5.97 Å². The van der Waals surface area contributed by atoms with Crippen LogP contribution in [0, 0.1) is 0 Å². The zero-order valence-corrected chi connectivity index (χ0v) is 10.2. The second kappa shape index (κ2) is 5.85. The Balaban J connectivity index is 2.66. The summed E-state index contributed by atoms with van der Waals surface area (Å²) in [6.45, 7) is 3.72. The van der Waals surface area contributed by atoms with E-state index in [0.717, 1.165) is 0 Å². The van der Waals surface area contributed by atoms with E-state index in [2.05, 4.69) is 15.6 Å². The fourth-order valence-electron chi connectivity index (χ4n) is 1.29. The van der Waals surface area contributed by atoms with Crippen LogP contribution >= 0.6 is 0 Å². The molecule has 1 aromatic heterocycles. The van der Waals surface area contributed by atoms with Crippen LogP contribution in [-0.2, 0) is 4.79 Å². The van der Waals surface area contributed by atoms with Crippen molar-refractivity contribution < 1.29 is 14.7 Å². The number of pyridine rings is 1. The number of aromatic nitrogens is 1. The van der Waals surface area contributed by atoms with Gasteiger partial charge in [-0.25, -0.2) is 9.78 Å². The lowest BCUT2D eigenvalue weighted by molar-refractivity contribution is -0.119. The molecule has 0 fully saturated rings. The van der Waals surface area contributed by atoms with Gasteiger partial charge in [-0.2, -0.15) is 0 Å². The van der Waals surface area contributed by atoms with E-state index in [9.17, 15) is 9.59 Å². The molecule has 0 unspecified atom stereocenters. The SMILES string of the molecule is CC(C)NC(=O)CNc1cc(C(=O)O)c(N)cn1. The zero-order chi connectivity index (χ0) is 13.7. The van der Waals surface area contributed by atoms with E-state index in [1.54, 1.807) is 0 Å². The minimum absolute atomic E-state index is 0.0220. The average Bonchev–Trinajstić information content (AvgIpc) is 2.26. The minimum Gasteiger partial charge on any atom is -0.478 e. The van der Waals surface area contributed by atoms with Crippen molar-refractivity contribution in [3.63, 3.8) is 0 Å². The standard InChI is InChI=1S/C11H16N4O3/c1-6(2)15-10(16)5-14-9-3-7(11(17)18)8(12)4-13-9/h3-4,6H,5,12H2,1-2H3,(H,13,14)(H,15,16)(H,17,18). The van der Waals surface area contributed by atoms with E-state index in [1.807, 2.05) is 13.8 Å². The lowest BCUT2D eigenvalue weighted by atomic mass is 10.2. The number of nitrogens with zero attached hydrogens (tertiary/aromatic N) is 1. The molecule has 1 amide bonds. The first-order valence-corrected chi connectivity index (χ1v) is 5.42. The summed E-state index contributed by atoms with van der Waals surface area (Å²) >= 11 is 0. The third-order valence-electron chi connectivity index (χ3n) is 2.04. The number of aromatic carboxylic acids is 1. The van der Waals surface area contributed by atoms with Crippen molar-refractivity contribution >= 4 is 23.4 Å². The third kappa shape index (κ3) is 3.93. The van der Waals surface area contributed by atoms with E-state index in [1.165, 1.54) is 12.3 Å². The summed E-state index contributed by atoms with van der Waals surface area (Å²) in [6, 6.07) is 1.34. The van der Waals surface area contributed by atoms with Crippen LogP contribution in [0.25, 0.3) is 0 Å². The van der Waals surface area contributed by atoms with Crippen molar-refractivity contribution in [2.45, 2.75) is 19.9 Å². The third-order valence-corrected chi connectivity index (χ3v) is 2.04. The minimum atomic E-state index is -1.13. The normalized spacial score (nSPS) is 10.2. The van der Waals surface area contributed by atoms with E-state index < -0.39 is 5.97 Å². The second-order valence-corrected chi connectivity index (χ2v) is 4.04. The summed E-state index contributed by atoms with van der Waals surface area (Å²) in [5.41, 5.74) is 5.50. The molecule has 7 heteroatoms. The summed E-state index contributed by atoms with van der Waals surface area (Å²) in [7, 11) is 0. The Bertz CT molecular complexity index is 460. The number of hydrogen-bond acceptors (Lipinski definition) is 5. The maximum absolute atomic E-state index is 11.4. The predicted molar refractivity (Wildman–Crippen MR) is 67.4 cm³/mol. The molecule has 98 valence electrons. The van der Waals surface area contributed by atoms with Gasteiger partial charge < -0.3 is 21.5 Å². The molecule has 7 nitrogen and oxygen atoms in total. The first-order chi connectivity index (χ1) is 8.40. The Kier molecular flexibility index (Phi) is 4.47. The molecular formula is C11H16N4O3. The molecule has 0 aliphatic rings. The Labute approximate surface area is 104 Å². The summed E-state index contributed by atoms with van der Waals surface area (Å²) in [6.07, 6.45) is 1.24. The van der Waals surface area contributed by atoms with Crippen molar-refractivity contribution in [2.24, 2.45) is 0 Å². The smallest absolute Gasteiger partial charge is 0.337 e. The molecule has 0 spiro atoms. The van der Waals surface area contributed by atoms with Crippen LogP contribution in [0.2, 0.25) is 0 Å². The van der Waals surface area contributed by atoms with Gasteiger partial charge in [0.15, 0.2) is 0 Å². The summed E-state index contributed by atoms with van der Waals surface area (Å²) in [4.78, 5) is 26.1. The molecule has 0 radical (unpaired) electrons. The number of hydrogen-bond donors (Lipinski definition) is 4.